The van der Waals surface area contributed by atoms with Crippen molar-refractivity contribution < 1.29 is 19.1 Å². The van der Waals surface area contributed by atoms with Crippen LogP contribution in [0.5, 0.6) is 0 Å². The molecule has 1 aromatic carbocycles. The number of nitrogens with zero attached hydrogens (tertiary/aromatic N) is 1. The molecule has 0 aliphatic rings. The molecule has 0 bridgehead atoms. The summed E-state index contributed by atoms with van der Waals surface area (Å²) in [6.07, 6.45) is 1.71. The fourth-order valence-corrected chi connectivity index (χ4v) is 2.24. The van der Waals surface area contributed by atoms with Crippen molar-refractivity contribution in [2.24, 2.45) is 7.05 Å². The van der Waals surface area contributed by atoms with Gasteiger partial charge in [0.1, 0.15) is 11.5 Å². The first-order valence-corrected chi connectivity index (χ1v) is 6.34. The van der Waals surface area contributed by atoms with Crippen molar-refractivity contribution in [3.05, 3.63) is 52.0 Å². The Morgan fingerprint density at radius 3 is 2.55 bits per heavy atom. The van der Waals surface area contributed by atoms with Crippen LogP contribution in [0.1, 0.15) is 20.8 Å². The van der Waals surface area contributed by atoms with E-state index in [9.17, 15) is 14.0 Å². The highest BCUT2D eigenvalue weighted by molar-refractivity contribution is 9.10. The molecule has 104 valence electrons. The van der Waals surface area contributed by atoms with Crippen LogP contribution < -0.4 is 5.32 Å². The van der Waals surface area contributed by atoms with E-state index in [1.165, 1.54) is 6.07 Å². The summed E-state index contributed by atoms with van der Waals surface area (Å²) in [5, 5.41) is 11.2. The summed E-state index contributed by atoms with van der Waals surface area (Å²) in [5.74, 6) is -2.67. The Bertz CT molecular complexity index is 697. The molecule has 1 heterocycles. The first-order chi connectivity index (χ1) is 9.38. The Morgan fingerprint density at radius 1 is 1.35 bits per heavy atom. The van der Waals surface area contributed by atoms with Crippen molar-refractivity contribution in [2.45, 2.75) is 0 Å². The number of amides is 1. The van der Waals surface area contributed by atoms with E-state index in [1.807, 2.05) is 0 Å². The lowest BCUT2D eigenvalue weighted by molar-refractivity contribution is 0.0692. The van der Waals surface area contributed by atoms with Gasteiger partial charge >= 0.3 is 5.97 Å². The number of carbonyl (C=O) groups excluding carboxylic acids is 1. The van der Waals surface area contributed by atoms with Crippen molar-refractivity contribution in [1.82, 2.24) is 4.57 Å². The second-order valence-corrected chi connectivity index (χ2v) is 5.02. The zero-order valence-corrected chi connectivity index (χ0v) is 11.9. The maximum atomic E-state index is 13.5. The Balaban J connectivity index is 2.22. The molecule has 0 radical (unpaired) electrons. The number of hydrogen-bond acceptors (Lipinski definition) is 2. The molecule has 0 fully saturated rings. The topological polar surface area (TPSA) is 71.3 Å². The van der Waals surface area contributed by atoms with Gasteiger partial charge in [0.2, 0.25) is 0 Å². The second-order valence-electron chi connectivity index (χ2n) is 4.11. The normalized spacial score (nSPS) is 10.3. The van der Waals surface area contributed by atoms with Gasteiger partial charge in [0.15, 0.2) is 0 Å². The number of carboxylic acid groups (broad SMARTS) is 1. The van der Waals surface area contributed by atoms with Crippen molar-refractivity contribution >= 4 is 33.5 Å². The standard InChI is InChI=1S/C13H10BrFN2O3/c1-17-6-7(14)4-11(17)12(18)16-8-2-3-9(13(19)20)10(15)5-8/h2-6H,1H3,(H,16,18)(H,19,20). The van der Waals surface area contributed by atoms with Crippen molar-refractivity contribution in [3.63, 3.8) is 0 Å². The summed E-state index contributed by atoms with van der Waals surface area (Å²) < 4.78 is 15.9. The number of rotatable bonds is 3. The van der Waals surface area contributed by atoms with Gasteiger partial charge in [-0.05, 0) is 40.2 Å². The fraction of sp³-hybridized carbons (Fsp3) is 0.0769. The van der Waals surface area contributed by atoms with Gasteiger partial charge in [-0.25, -0.2) is 9.18 Å². The van der Waals surface area contributed by atoms with Crippen LogP contribution in [0.15, 0.2) is 34.9 Å². The summed E-state index contributed by atoms with van der Waals surface area (Å²) in [6.45, 7) is 0. The molecular formula is C13H10BrFN2O3. The van der Waals surface area contributed by atoms with E-state index in [2.05, 4.69) is 21.2 Å². The monoisotopic (exact) mass is 340 g/mol. The predicted octanol–water partition coefficient (Wildman–Crippen LogP) is 2.88. The van der Waals surface area contributed by atoms with Gasteiger partial charge in [-0.2, -0.15) is 0 Å². The van der Waals surface area contributed by atoms with Gasteiger partial charge in [0.05, 0.1) is 5.56 Å². The number of aromatic nitrogens is 1. The molecule has 20 heavy (non-hydrogen) atoms. The average molecular weight is 341 g/mol. The van der Waals surface area contributed by atoms with Crippen LogP contribution in [0.4, 0.5) is 10.1 Å². The van der Waals surface area contributed by atoms with Gasteiger partial charge in [0.25, 0.3) is 5.91 Å². The first kappa shape index (κ1) is 14.3. The third-order valence-corrected chi connectivity index (χ3v) is 3.10. The van der Waals surface area contributed by atoms with Crippen LogP contribution in [0.3, 0.4) is 0 Å². The number of benzene rings is 1. The lowest BCUT2D eigenvalue weighted by Crippen LogP contribution is -2.15. The molecule has 0 unspecified atom stereocenters. The van der Waals surface area contributed by atoms with E-state index < -0.39 is 23.3 Å². The van der Waals surface area contributed by atoms with Crippen LogP contribution in [0.2, 0.25) is 0 Å². The highest BCUT2D eigenvalue weighted by atomic mass is 79.9. The molecule has 0 saturated heterocycles. The highest BCUT2D eigenvalue weighted by Gasteiger charge is 2.14. The largest absolute Gasteiger partial charge is 0.478 e. The Hall–Kier alpha value is -2.15. The summed E-state index contributed by atoms with van der Waals surface area (Å²) in [4.78, 5) is 22.7. The fourth-order valence-electron chi connectivity index (χ4n) is 1.71. The number of aromatic carboxylic acids is 1. The zero-order chi connectivity index (χ0) is 14.9. The third kappa shape index (κ3) is 2.88. The van der Waals surface area contributed by atoms with Crippen LogP contribution in [-0.2, 0) is 7.05 Å². The van der Waals surface area contributed by atoms with E-state index >= 15 is 0 Å². The molecule has 0 aliphatic heterocycles. The molecule has 2 rings (SSSR count). The second kappa shape index (κ2) is 5.46. The summed E-state index contributed by atoms with van der Waals surface area (Å²) in [6, 6.07) is 5.03. The number of carbonyl (C=O) groups is 2. The van der Waals surface area contributed by atoms with Gasteiger partial charge < -0.3 is 15.0 Å². The molecule has 0 aliphatic carbocycles. The summed E-state index contributed by atoms with van der Waals surface area (Å²) >= 11 is 3.25. The maximum absolute atomic E-state index is 13.5. The number of aryl methyl sites for hydroxylation is 1. The molecular weight excluding hydrogens is 331 g/mol. The molecule has 0 saturated carbocycles. The quantitative estimate of drug-likeness (QED) is 0.902. The van der Waals surface area contributed by atoms with E-state index in [1.54, 1.807) is 23.9 Å². The Kier molecular flexibility index (Phi) is 3.89. The average Bonchev–Trinajstić information content (AvgIpc) is 2.68. The maximum Gasteiger partial charge on any atom is 0.338 e. The minimum absolute atomic E-state index is 0.190. The van der Waals surface area contributed by atoms with Crippen molar-refractivity contribution in [1.29, 1.82) is 0 Å². The lowest BCUT2D eigenvalue weighted by Gasteiger charge is -2.07. The number of hydrogen-bond donors (Lipinski definition) is 2. The zero-order valence-electron chi connectivity index (χ0n) is 10.4. The summed E-state index contributed by atoms with van der Waals surface area (Å²) in [7, 11) is 1.70. The van der Waals surface area contributed by atoms with Crippen molar-refractivity contribution in [3.8, 4) is 0 Å². The number of nitrogens with one attached hydrogen (secondary N) is 1. The van der Waals surface area contributed by atoms with Gasteiger partial charge in [0, 0.05) is 23.4 Å². The van der Waals surface area contributed by atoms with Crippen molar-refractivity contribution in [2.75, 3.05) is 5.32 Å². The first-order valence-electron chi connectivity index (χ1n) is 5.54. The molecule has 0 spiro atoms. The highest BCUT2D eigenvalue weighted by Crippen LogP contribution is 2.18. The number of halogens is 2. The van der Waals surface area contributed by atoms with Gasteiger partial charge in [-0.15, -0.1) is 0 Å². The summed E-state index contributed by atoms with van der Waals surface area (Å²) in [5.41, 5.74) is 0.138. The number of carboxylic acids is 1. The molecule has 2 aromatic rings. The Morgan fingerprint density at radius 2 is 2.05 bits per heavy atom. The minimum atomic E-state index is -1.35. The van der Waals surface area contributed by atoms with Crippen LogP contribution in [0, 0.1) is 5.82 Å². The van der Waals surface area contributed by atoms with E-state index in [0.29, 0.717) is 5.69 Å². The van der Waals surface area contributed by atoms with Gasteiger partial charge in [-0.1, -0.05) is 0 Å². The van der Waals surface area contributed by atoms with E-state index in [0.717, 1.165) is 16.6 Å². The van der Waals surface area contributed by atoms with Crippen LogP contribution in [-0.4, -0.2) is 21.6 Å². The molecule has 5 nitrogen and oxygen atoms in total. The smallest absolute Gasteiger partial charge is 0.338 e. The number of anilines is 1. The lowest BCUT2D eigenvalue weighted by atomic mass is 10.2. The molecule has 2 N–H and O–H groups in total. The molecule has 7 heteroatoms. The predicted molar refractivity (Wildman–Crippen MR) is 74.4 cm³/mol. The third-order valence-electron chi connectivity index (χ3n) is 2.66. The minimum Gasteiger partial charge on any atom is -0.478 e. The van der Waals surface area contributed by atoms with Crippen LogP contribution in [0.25, 0.3) is 0 Å². The molecule has 1 aromatic heterocycles. The Labute approximate surface area is 122 Å². The molecule has 0 atom stereocenters. The van der Waals surface area contributed by atoms with E-state index in [-0.39, 0.29) is 5.69 Å². The molecule has 1 amide bonds. The van der Waals surface area contributed by atoms with E-state index in [4.69, 9.17) is 5.11 Å². The SMILES string of the molecule is Cn1cc(Br)cc1C(=O)Nc1ccc(C(=O)O)c(F)c1. The van der Waals surface area contributed by atoms with Crippen LogP contribution >= 0.6 is 15.9 Å². The van der Waals surface area contributed by atoms with Gasteiger partial charge in [-0.3, -0.25) is 4.79 Å².